The third-order valence-electron chi connectivity index (χ3n) is 5.99. The summed E-state index contributed by atoms with van der Waals surface area (Å²) in [4.78, 5) is 17.4. The van der Waals surface area contributed by atoms with E-state index in [2.05, 4.69) is 27.8 Å². The Bertz CT molecular complexity index is 1040. The van der Waals surface area contributed by atoms with Crippen LogP contribution < -0.4 is 10.1 Å². The molecule has 2 aromatic carbocycles. The van der Waals surface area contributed by atoms with Gasteiger partial charge in [-0.3, -0.25) is 4.79 Å². The Labute approximate surface area is 203 Å². The molecule has 0 aliphatic carbocycles. The van der Waals surface area contributed by atoms with Crippen molar-refractivity contribution in [3.05, 3.63) is 76.3 Å². The minimum Gasteiger partial charge on any atom is -0.494 e. The smallest absolute Gasteiger partial charge is 0.251 e. The number of ether oxygens (including phenoxy) is 2. The highest BCUT2D eigenvalue weighted by atomic mass is 32.2. The molecule has 1 aromatic heterocycles. The van der Waals surface area contributed by atoms with E-state index in [0.29, 0.717) is 31.9 Å². The van der Waals surface area contributed by atoms with Gasteiger partial charge in [0.2, 0.25) is 0 Å². The first-order chi connectivity index (χ1) is 16.1. The van der Waals surface area contributed by atoms with Gasteiger partial charge in [-0.2, -0.15) is 0 Å². The number of aryl methyl sites for hydroxylation is 1. The van der Waals surface area contributed by atoms with Crippen LogP contribution in [0.2, 0.25) is 0 Å². The van der Waals surface area contributed by atoms with Crippen LogP contribution in [0.25, 0.3) is 0 Å². The molecule has 7 heteroatoms. The maximum Gasteiger partial charge on any atom is 0.251 e. The number of thiazole rings is 1. The van der Waals surface area contributed by atoms with Crippen LogP contribution in [0.15, 0.2) is 58.3 Å². The lowest BCUT2D eigenvalue weighted by Crippen LogP contribution is -2.44. The summed E-state index contributed by atoms with van der Waals surface area (Å²) in [6.07, 6.45) is 1.77. The Morgan fingerprint density at radius 1 is 1.15 bits per heavy atom. The number of hydrogen-bond donors (Lipinski definition) is 1. The number of amides is 1. The molecule has 174 valence electrons. The molecule has 1 fully saturated rings. The molecular weight excluding hydrogens is 452 g/mol. The van der Waals surface area contributed by atoms with Crippen LogP contribution in [0.5, 0.6) is 5.75 Å². The second-order valence-corrected chi connectivity index (χ2v) is 10.4. The molecule has 3 aromatic rings. The number of nitrogens with zero attached hydrogens (tertiary/aromatic N) is 1. The molecular formula is C26H30N2O3S2. The van der Waals surface area contributed by atoms with E-state index in [9.17, 15) is 4.79 Å². The molecule has 0 bridgehead atoms. The predicted octanol–water partition coefficient (Wildman–Crippen LogP) is 5.62. The van der Waals surface area contributed by atoms with Gasteiger partial charge in [-0.15, -0.1) is 11.3 Å². The van der Waals surface area contributed by atoms with Crippen LogP contribution in [0.3, 0.4) is 0 Å². The van der Waals surface area contributed by atoms with E-state index in [4.69, 9.17) is 9.47 Å². The molecule has 0 atom stereocenters. The van der Waals surface area contributed by atoms with Crippen molar-refractivity contribution in [2.45, 2.75) is 42.2 Å². The van der Waals surface area contributed by atoms with Crippen molar-refractivity contribution in [1.29, 1.82) is 0 Å². The number of aromatic nitrogens is 1. The van der Waals surface area contributed by atoms with E-state index in [0.717, 1.165) is 34.4 Å². The van der Waals surface area contributed by atoms with E-state index in [1.807, 2.05) is 50.2 Å². The van der Waals surface area contributed by atoms with Crippen molar-refractivity contribution in [2.24, 2.45) is 0 Å². The van der Waals surface area contributed by atoms with Crippen molar-refractivity contribution >= 4 is 29.0 Å². The predicted molar refractivity (Wildman–Crippen MR) is 135 cm³/mol. The molecule has 1 aliphatic rings. The van der Waals surface area contributed by atoms with Crippen molar-refractivity contribution in [2.75, 3.05) is 26.4 Å². The van der Waals surface area contributed by atoms with Crippen molar-refractivity contribution < 1.29 is 14.3 Å². The third-order valence-corrected chi connectivity index (χ3v) is 8.20. The molecule has 1 saturated heterocycles. The Kier molecular flexibility index (Phi) is 8.06. The molecule has 0 spiro atoms. The molecule has 33 heavy (non-hydrogen) atoms. The molecule has 1 N–H and O–H groups in total. The topological polar surface area (TPSA) is 60.5 Å². The fraction of sp³-hybridized carbons (Fsp3) is 0.385. The number of benzene rings is 2. The molecule has 1 aliphatic heterocycles. The van der Waals surface area contributed by atoms with E-state index >= 15 is 0 Å². The fourth-order valence-corrected chi connectivity index (χ4v) is 5.85. The Morgan fingerprint density at radius 3 is 2.52 bits per heavy atom. The second-order valence-electron chi connectivity index (χ2n) is 8.27. The van der Waals surface area contributed by atoms with Gasteiger partial charge >= 0.3 is 0 Å². The lowest BCUT2D eigenvalue weighted by molar-refractivity contribution is 0.0487. The van der Waals surface area contributed by atoms with Gasteiger partial charge in [0.25, 0.3) is 5.91 Å². The normalized spacial score (nSPS) is 15.2. The molecule has 0 radical (unpaired) electrons. The van der Waals surface area contributed by atoms with Gasteiger partial charge in [0.1, 0.15) is 10.1 Å². The second kappa shape index (κ2) is 11.2. The highest BCUT2D eigenvalue weighted by Gasteiger charge is 2.35. The molecule has 1 amide bonds. The monoisotopic (exact) mass is 482 g/mol. The van der Waals surface area contributed by atoms with Gasteiger partial charge in [0.15, 0.2) is 0 Å². The van der Waals surface area contributed by atoms with Gasteiger partial charge < -0.3 is 14.8 Å². The van der Waals surface area contributed by atoms with Gasteiger partial charge in [0, 0.05) is 47.6 Å². The van der Waals surface area contributed by atoms with Crippen molar-refractivity contribution in [1.82, 2.24) is 10.3 Å². The quantitative estimate of drug-likeness (QED) is 0.401. The minimum absolute atomic E-state index is 0.0402. The summed E-state index contributed by atoms with van der Waals surface area (Å²) < 4.78 is 12.3. The molecule has 4 rings (SSSR count). The van der Waals surface area contributed by atoms with Gasteiger partial charge in [0.05, 0.1) is 6.61 Å². The number of rotatable bonds is 9. The lowest BCUT2D eigenvalue weighted by atomic mass is 9.74. The summed E-state index contributed by atoms with van der Waals surface area (Å²) in [6.45, 7) is 6.63. The summed E-state index contributed by atoms with van der Waals surface area (Å²) in [5.41, 5.74) is 4.02. The van der Waals surface area contributed by atoms with Gasteiger partial charge in [-0.05, 0) is 62.1 Å². The Balaban J connectivity index is 1.37. The summed E-state index contributed by atoms with van der Waals surface area (Å²) in [5, 5.41) is 5.25. The molecule has 0 unspecified atom stereocenters. The highest BCUT2D eigenvalue weighted by molar-refractivity contribution is 8.00. The Hall–Kier alpha value is -2.35. The third kappa shape index (κ3) is 6.16. The standard InChI is InChI=1S/C26H30N2O3S2/c1-3-31-23-10-8-22(9-11-23)26(12-14-30-15-13-26)18-27-24(29)21-6-4-20(5-7-21)17-33-25-28-19(2)16-32-25/h4-11,16H,3,12-15,17-18H2,1-2H3,(H,27,29). The van der Waals surface area contributed by atoms with Crippen molar-refractivity contribution in [3.8, 4) is 5.75 Å². The van der Waals surface area contributed by atoms with E-state index in [1.165, 1.54) is 11.1 Å². The number of hydrogen-bond acceptors (Lipinski definition) is 6. The summed E-state index contributed by atoms with van der Waals surface area (Å²) >= 11 is 3.39. The van der Waals surface area contributed by atoms with Crippen molar-refractivity contribution in [3.63, 3.8) is 0 Å². The maximum atomic E-state index is 12.9. The minimum atomic E-state index is -0.124. The summed E-state index contributed by atoms with van der Waals surface area (Å²) in [7, 11) is 0. The average Bonchev–Trinajstić information content (AvgIpc) is 3.28. The number of nitrogens with one attached hydrogen (secondary N) is 1. The van der Waals surface area contributed by atoms with E-state index in [-0.39, 0.29) is 11.3 Å². The Morgan fingerprint density at radius 2 is 1.88 bits per heavy atom. The molecule has 2 heterocycles. The number of thioether (sulfide) groups is 1. The van der Waals surface area contributed by atoms with Crippen LogP contribution in [-0.4, -0.2) is 37.3 Å². The SMILES string of the molecule is CCOc1ccc(C2(CNC(=O)c3ccc(CSc4nc(C)cs4)cc3)CCOCC2)cc1. The first-order valence-corrected chi connectivity index (χ1v) is 13.2. The number of carbonyl (C=O) groups excluding carboxylic acids is 1. The van der Waals surface area contributed by atoms with Gasteiger partial charge in [-0.1, -0.05) is 36.0 Å². The highest BCUT2D eigenvalue weighted by Crippen LogP contribution is 2.35. The first-order valence-electron chi connectivity index (χ1n) is 11.3. The fourth-order valence-electron chi connectivity index (χ4n) is 4.05. The van der Waals surface area contributed by atoms with Crippen LogP contribution in [0, 0.1) is 6.92 Å². The number of carbonyl (C=O) groups is 1. The first kappa shape index (κ1) is 23.8. The van der Waals surface area contributed by atoms with E-state index in [1.54, 1.807) is 23.1 Å². The maximum absolute atomic E-state index is 12.9. The summed E-state index contributed by atoms with van der Waals surface area (Å²) in [6, 6.07) is 16.1. The van der Waals surface area contributed by atoms with Crippen LogP contribution in [0.4, 0.5) is 0 Å². The summed E-state index contributed by atoms with van der Waals surface area (Å²) in [5.74, 6) is 1.67. The van der Waals surface area contributed by atoms with Crippen LogP contribution >= 0.6 is 23.1 Å². The molecule has 0 saturated carbocycles. The van der Waals surface area contributed by atoms with Gasteiger partial charge in [-0.25, -0.2) is 4.98 Å². The zero-order valence-electron chi connectivity index (χ0n) is 19.1. The van der Waals surface area contributed by atoms with Crippen LogP contribution in [-0.2, 0) is 15.9 Å². The largest absolute Gasteiger partial charge is 0.494 e. The molecule has 5 nitrogen and oxygen atoms in total. The lowest BCUT2D eigenvalue weighted by Gasteiger charge is -2.38. The zero-order chi connectivity index (χ0) is 23.1. The average molecular weight is 483 g/mol. The van der Waals surface area contributed by atoms with E-state index < -0.39 is 0 Å². The van der Waals surface area contributed by atoms with Crippen LogP contribution in [0.1, 0.15) is 46.9 Å². The zero-order valence-corrected chi connectivity index (χ0v) is 20.8.